The molecule has 0 radical (unpaired) electrons. The van der Waals surface area contributed by atoms with Crippen molar-refractivity contribution >= 4 is 29.0 Å². The Morgan fingerprint density at radius 2 is 1.60 bits per heavy atom. The number of carbonyl (C=O) groups excluding carboxylic acids is 2. The molecular weight excluding hydrogens is 204 g/mol. The second kappa shape index (κ2) is 4.25. The first-order chi connectivity index (χ1) is 6.70. The summed E-state index contributed by atoms with van der Waals surface area (Å²) in [6, 6.07) is 8.85. The van der Waals surface area contributed by atoms with Crippen molar-refractivity contribution in [1.82, 2.24) is 11.5 Å². The van der Waals surface area contributed by atoms with Crippen LogP contribution in [-0.4, -0.2) is 11.8 Å². The first-order valence-corrected chi connectivity index (χ1v) is 4.39. The lowest BCUT2D eigenvalue weighted by molar-refractivity contribution is -0.123. The molecule has 2 amide bonds. The van der Waals surface area contributed by atoms with Gasteiger partial charge in [-0.1, -0.05) is 41.9 Å². The first kappa shape index (κ1) is 11.4. The van der Waals surface area contributed by atoms with Gasteiger partial charge in [-0.2, -0.15) is 0 Å². The van der Waals surface area contributed by atoms with E-state index in [4.69, 9.17) is 11.6 Å². The highest BCUT2D eigenvalue weighted by Crippen LogP contribution is 2.25. The highest BCUT2D eigenvalue weighted by molar-refractivity contribution is 6.55. The molecule has 0 aliphatic carbocycles. The lowest BCUT2D eigenvalue weighted by Crippen LogP contribution is -2.22. The highest BCUT2D eigenvalue weighted by Gasteiger charge is 2.29. The molecule has 1 aliphatic heterocycles. The van der Waals surface area contributed by atoms with E-state index < -0.39 is 11.8 Å². The molecular formula is C10H9ClN2O2. The van der Waals surface area contributed by atoms with Crippen LogP contribution in [-0.2, 0) is 9.59 Å². The SMILES string of the molecule is O=C1NC(=O)C(c2ccccc2)=C1Cl.[2NH3]. The van der Waals surface area contributed by atoms with Crippen LogP contribution in [0.4, 0.5) is 0 Å². The maximum absolute atomic E-state index is 11.3. The summed E-state index contributed by atoms with van der Waals surface area (Å²) in [6.07, 6.45) is 0. The van der Waals surface area contributed by atoms with Crippen LogP contribution in [0.2, 0.25) is 0 Å². The molecule has 2 rings (SSSR count). The first-order valence-electron chi connectivity index (χ1n) is 4.01. The summed E-state index contributed by atoms with van der Waals surface area (Å²) in [6.45, 7) is 0. The van der Waals surface area contributed by atoms with E-state index in [-0.39, 0.29) is 16.8 Å². The molecule has 1 aromatic rings. The smallest absolute Gasteiger partial charge is 0.270 e. The number of amides is 2. The molecule has 1 aliphatic rings. The van der Waals surface area contributed by atoms with Gasteiger partial charge in [0, 0.05) is 0 Å². The molecule has 5 heteroatoms. The molecule has 78 valence electrons. The van der Waals surface area contributed by atoms with E-state index in [1.807, 2.05) is 6.07 Å². The van der Waals surface area contributed by atoms with Gasteiger partial charge in [0.25, 0.3) is 11.8 Å². The number of benzene rings is 1. The Hall–Kier alpha value is -1.65. The topological polar surface area (TPSA) is 81.2 Å². The Kier molecular flexibility index (Phi) is 3.24. The van der Waals surface area contributed by atoms with Gasteiger partial charge in [0.1, 0.15) is 5.03 Å². The summed E-state index contributed by atoms with van der Waals surface area (Å²) in [5.74, 6) is -0.971. The van der Waals surface area contributed by atoms with Crippen LogP contribution in [0.25, 0.3) is 5.57 Å². The summed E-state index contributed by atoms with van der Waals surface area (Å²) in [5.41, 5.74) is 0.901. The number of imide groups is 1. The lowest BCUT2D eigenvalue weighted by atomic mass is 2.00. The van der Waals surface area contributed by atoms with Gasteiger partial charge in [-0.25, -0.2) is 0 Å². The monoisotopic (exact) mass is 212 g/mol. The molecule has 1 heterocycles. The van der Waals surface area contributed by atoms with Crippen molar-refractivity contribution in [3.63, 3.8) is 0 Å². The number of hydrogen-bond acceptors (Lipinski definition) is 3. The van der Waals surface area contributed by atoms with E-state index in [2.05, 4.69) is 5.32 Å². The average Bonchev–Trinajstić information content (AvgIpc) is 2.43. The average molecular weight is 213 g/mol. The second-order valence-corrected chi connectivity index (χ2v) is 3.22. The van der Waals surface area contributed by atoms with Gasteiger partial charge in [-0.05, 0) is 5.56 Å². The third-order valence-corrected chi connectivity index (χ3v) is 2.30. The molecule has 0 spiro atoms. The molecule has 0 saturated heterocycles. The van der Waals surface area contributed by atoms with Crippen LogP contribution in [0.15, 0.2) is 35.4 Å². The van der Waals surface area contributed by atoms with Crippen molar-refractivity contribution < 1.29 is 9.59 Å². The summed E-state index contributed by atoms with van der Waals surface area (Å²) in [5, 5.41) is 2.09. The summed E-state index contributed by atoms with van der Waals surface area (Å²) >= 11 is 5.70. The molecule has 0 saturated carbocycles. The van der Waals surface area contributed by atoms with E-state index >= 15 is 0 Å². The van der Waals surface area contributed by atoms with Crippen molar-refractivity contribution in [3.8, 4) is 0 Å². The largest absolute Gasteiger partial charge is 0.344 e. The van der Waals surface area contributed by atoms with E-state index in [0.29, 0.717) is 5.56 Å². The number of rotatable bonds is 1. The fraction of sp³-hybridized carbons (Fsp3) is 0. The van der Waals surface area contributed by atoms with Crippen LogP contribution in [0.1, 0.15) is 5.56 Å². The van der Waals surface area contributed by atoms with Gasteiger partial charge in [0.05, 0.1) is 5.57 Å². The van der Waals surface area contributed by atoms with E-state index in [1.54, 1.807) is 24.3 Å². The predicted octanol–water partition coefficient (Wildman–Crippen LogP) is 1.45. The van der Waals surface area contributed by atoms with E-state index in [0.717, 1.165) is 0 Å². The fourth-order valence-electron chi connectivity index (χ4n) is 1.30. The van der Waals surface area contributed by atoms with E-state index in [9.17, 15) is 9.59 Å². The minimum absolute atomic E-state index is 0. The van der Waals surface area contributed by atoms with Crippen molar-refractivity contribution in [2.45, 2.75) is 0 Å². The van der Waals surface area contributed by atoms with Crippen LogP contribution in [0.3, 0.4) is 0 Å². The molecule has 0 fully saturated rings. The zero-order chi connectivity index (χ0) is 10.1. The standard InChI is InChI=1S/C10H6ClNO2.H3N/c11-8-7(9(13)12-10(8)14)6-4-2-1-3-5-6;/h1-5H,(H,12,13,14);1H3/i;1-12. The van der Waals surface area contributed by atoms with Gasteiger partial charge < -0.3 is 6.15 Å². The van der Waals surface area contributed by atoms with Crippen molar-refractivity contribution in [2.75, 3.05) is 0 Å². The van der Waals surface area contributed by atoms with Gasteiger partial charge in [-0.3, -0.25) is 14.9 Å². The Morgan fingerprint density at radius 1 is 1.00 bits per heavy atom. The zero-order valence-electron chi connectivity index (χ0n) is 7.79. The molecule has 4 N–H and O–H groups in total. The quantitative estimate of drug-likeness (QED) is 0.692. The predicted molar refractivity (Wildman–Crippen MR) is 57.4 cm³/mol. The minimum atomic E-state index is -0.532. The molecule has 0 aromatic heterocycles. The molecule has 4 nitrogen and oxygen atoms in total. The van der Waals surface area contributed by atoms with Crippen LogP contribution >= 0.6 is 11.6 Å². The van der Waals surface area contributed by atoms with Gasteiger partial charge in [-0.15, -0.1) is 0 Å². The van der Waals surface area contributed by atoms with Gasteiger partial charge in [0.15, 0.2) is 0 Å². The molecule has 0 unspecified atom stereocenters. The van der Waals surface area contributed by atoms with E-state index in [1.165, 1.54) is 0 Å². The Morgan fingerprint density at radius 3 is 2.07 bits per heavy atom. The molecule has 1 aromatic carbocycles. The maximum atomic E-state index is 11.3. The molecule has 15 heavy (non-hydrogen) atoms. The number of nitrogens with one attached hydrogen (secondary N) is 1. The molecule has 0 atom stereocenters. The molecule has 0 bridgehead atoms. The fourth-order valence-corrected chi connectivity index (χ4v) is 1.54. The van der Waals surface area contributed by atoms with Gasteiger partial charge in [0.2, 0.25) is 0 Å². The Bertz CT molecular complexity index is 440. The number of carbonyl (C=O) groups is 2. The Balaban J connectivity index is 0.00000112. The van der Waals surface area contributed by atoms with Crippen LogP contribution in [0.5, 0.6) is 0 Å². The minimum Gasteiger partial charge on any atom is -0.344 e. The van der Waals surface area contributed by atoms with Gasteiger partial charge >= 0.3 is 0 Å². The summed E-state index contributed by atoms with van der Waals surface area (Å²) in [7, 11) is 0. The highest BCUT2D eigenvalue weighted by atomic mass is 35.5. The van der Waals surface area contributed by atoms with Crippen molar-refractivity contribution in [2.24, 2.45) is 0 Å². The second-order valence-electron chi connectivity index (χ2n) is 2.84. The third-order valence-electron chi connectivity index (χ3n) is 1.94. The number of halogens is 1. The third kappa shape index (κ3) is 1.91. The lowest BCUT2D eigenvalue weighted by Gasteiger charge is -1.98. The summed E-state index contributed by atoms with van der Waals surface area (Å²) in [4.78, 5) is 22.4. The zero-order valence-corrected chi connectivity index (χ0v) is 8.54. The summed E-state index contributed by atoms with van der Waals surface area (Å²) < 4.78 is 0. The van der Waals surface area contributed by atoms with Crippen LogP contribution < -0.4 is 11.5 Å². The number of hydrogen-bond donors (Lipinski definition) is 2. The van der Waals surface area contributed by atoms with Crippen molar-refractivity contribution in [1.29, 1.82) is 0 Å². The Labute approximate surface area is 91.5 Å². The van der Waals surface area contributed by atoms with Crippen LogP contribution in [0, 0.1) is 0 Å². The maximum Gasteiger partial charge on any atom is 0.270 e. The van der Waals surface area contributed by atoms with Crippen molar-refractivity contribution in [3.05, 3.63) is 40.9 Å². The normalized spacial score (nSPS) is 15.0.